The van der Waals surface area contributed by atoms with E-state index in [2.05, 4.69) is 10.2 Å². The van der Waals surface area contributed by atoms with E-state index in [1.807, 2.05) is 23.1 Å². The highest BCUT2D eigenvalue weighted by atomic mass is 32.1. The summed E-state index contributed by atoms with van der Waals surface area (Å²) in [7, 11) is 3.27. The lowest BCUT2D eigenvalue weighted by Gasteiger charge is -2.37. The fourth-order valence-corrected chi connectivity index (χ4v) is 3.85. The Morgan fingerprint density at radius 3 is 2.54 bits per heavy atom. The molecule has 2 aliphatic rings. The van der Waals surface area contributed by atoms with E-state index < -0.39 is 0 Å². The molecule has 154 valence electrons. The van der Waals surface area contributed by atoms with Gasteiger partial charge in [0.05, 0.1) is 14.2 Å². The van der Waals surface area contributed by atoms with Gasteiger partial charge in [0.15, 0.2) is 16.6 Å². The van der Waals surface area contributed by atoms with Crippen LogP contribution in [0.15, 0.2) is 18.2 Å². The van der Waals surface area contributed by atoms with Crippen LogP contribution < -0.4 is 14.8 Å². The predicted octanol–water partition coefficient (Wildman–Crippen LogP) is 1.44. The lowest BCUT2D eigenvalue weighted by molar-refractivity contribution is -0.142. The second-order valence-corrected chi connectivity index (χ2v) is 7.37. The molecule has 2 heterocycles. The molecule has 2 saturated heterocycles. The number of amides is 1. The Morgan fingerprint density at radius 1 is 1.18 bits per heavy atom. The smallest absolute Gasteiger partial charge is 0.251 e. The summed E-state index contributed by atoms with van der Waals surface area (Å²) in [6, 6.07) is 5.93. The maximum Gasteiger partial charge on any atom is 0.251 e. The van der Waals surface area contributed by atoms with E-state index in [-0.39, 0.29) is 12.0 Å². The molecule has 0 aromatic heterocycles. The number of carbonyl (C=O) groups is 1. The largest absolute Gasteiger partial charge is 0.493 e. The number of hydrogen-bond acceptors (Lipinski definition) is 5. The lowest BCUT2D eigenvalue weighted by Crippen LogP contribution is -2.54. The van der Waals surface area contributed by atoms with Crippen LogP contribution in [0, 0.1) is 0 Å². The highest BCUT2D eigenvalue weighted by Gasteiger charge is 2.30. The van der Waals surface area contributed by atoms with Gasteiger partial charge in [-0.25, -0.2) is 0 Å². The van der Waals surface area contributed by atoms with Gasteiger partial charge in [-0.2, -0.15) is 0 Å². The molecule has 1 atom stereocenters. The number of benzene rings is 1. The van der Waals surface area contributed by atoms with Gasteiger partial charge in [-0.1, -0.05) is 6.07 Å². The van der Waals surface area contributed by atoms with Crippen molar-refractivity contribution in [2.45, 2.75) is 25.4 Å². The molecule has 1 aromatic rings. The maximum atomic E-state index is 12.4. The zero-order valence-corrected chi connectivity index (χ0v) is 17.4. The van der Waals surface area contributed by atoms with E-state index in [1.165, 1.54) is 0 Å². The zero-order valence-electron chi connectivity index (χ0n) is 16.6. The first-order valence-electron chi connectivity index (χ1n) is 9.76. The molecule has 0 aliphatic carbocycles. The van der Waals surface area contributed by atoms with Crippen molar-refractivity contribution in [3.05, 3.63) is 23.8 Å². The Morgan fingerprint density at radius 2 is 1.89 bits per heavy atom. The minimum Gasteiger partial charge on any atom is -0.493 e. The van der Waals surface area contributed by atoms with E-state index in [0.717, 1.165) is 61.1 Å². The summed E-state index contributed by atoms with van der Waals surface area (Å²) in [5.74, 6) is 1.59. The van der Waals surface area contributed by atoms with Crippen LogP contribution in [0.4, 0.5) is 0 Å². The highest BCUT2D eigenvalue weighted by molar-refractivity contribution is 7.80. The number of methoxy groups -OCH3 is 2. The second kappa shape index (κ2) is 9.93. The van der Waals surface area contributed by atoms with Crippen LogP contribution in [0.2, 0.25) is 0 Å². The van der Waals surface area contributed by atoms with Crippen molar-refractivity contribution in [3.8, 4) is 11.5 Å². The van der Waals surface area contributed by atoms with E-state index >= 15 is 0 Å². The first-order valence-corrected chi connectivity index (χ1v) is 10.2. The van der Waals surface area contributed by atoms with Crippen LogP contribution in [0.5, 0.6) is 11.5 Å². The van der Waals surface area contributed by atoms with Gasteiger partial charge in [0.1, 0.15) is 6.10 Å². The van der Waals surface area contributed by atoms with Gasteiger partial charge in [-0.3, -0.25) is 4.79 Å². The van der Waals surface area contributed by atoms with E-state index in [4.69, 9.17) is 26.4 Å². The van der Waals surface area contributed by atoms with Crippen molar-refractivity contribution >= 4 is 23.2 Å². The van der Waals surface area contributed by atoms with Gasteiger partial charge in [-0.05, 0) is 49.2 Å². The van der Waals surface area contributed by atoms with Gasteiger partial charge in [-0.15, -0.1) is 0 Å². The Bertz CT molecular complexity index is 686. The summed E-state index contributed by atoms with van der Waals surface area (Å²) in [5.41, 5.74) is 1.15. The summed E-state index contributed by atoms with van der Waals surface area (Å²) >= 11 is 5.53. The standard InChI is InChI=1S/C20H29N3O4S/c1-25-16-6-5-15(14-18(16)26-2)7-8-21-20(28)23-11-9-22(10-12-23)19(24)17-4-3-13-27-17/h5-6,14,17H,3-4,7-13H2,1-2H3,(H,21,28)/t17-/m1/s1. The zero-order chi connectivity index (χ0) is 19.9. The number of piperazine rings is 1. The molecule has 0 unspecified atom stereocenters. The first-order chi connectivity index (χ1) is 13.6. The van der Waals surface area contributed by atoms with E-state index in [1.54, 1.807) is 14.2 Å². The summed E-state index contributed by atoms with van der Waals surface area (Å²) < 4.78 is 16.1. The molecule has 0 bridgehead atoms. The first kappa shape index (κ1) is 20.7. The molecule has 8 heteroatoms. The quantitative estimate of drug-likeness (QED) is 0.716. The van der Waals surface area contributed by atoms with Crippen molar-refractivity contribution in [1.82, 2.24) is 15.1 Å². The number of nitrogens with one attached hydrogen (secondary N) is 1. The monoisotopic (exact) mass is 407 g/mol. The van der Waals surface area contributed by atoms with Crippen molar-refractivity contribution < 1.29 is 19.0 Å². The fourth-order valence-electron chi connectivity index (χ4n) is 3.57. The SMILES string of the molecule is COc1ccc(CCNC(=S)N2CCN(C(=O)[C@H]3CCCO3)CC2)cc1OC. The number of thiocarbonyl (C=S) groups is 1. The molecule has 3 rings (SSSR count). The van der Waals surface area contributed by atoms with Crippen LogP contribution in [0.25, 0.3) is 0 Å². The van der Waals surface area contributed by atoms with Gasteiger partial charge < -0.3 is 29.3 Å². The molecule has 2 fully saturated rings. The normalized spacial score (nSPS) is 19.4. The van der Waals surface area contributed by atoms with E-state index in [0.29, 0.717) is 19.7 Å². The Hall–Kier alpha value is -2.06. The molecule has 2 aliphatic heterocycles. The highest BCUT2D eigenvalue weighted by Crippen LogP contribution is 2.27. The number of carbonyl (C=O) groups excluding carboxylic acids is 1. The molecule has 0 spiro atoms. The van der Waals surface area contributed by atoms with Crippen molar-refractivity contribution in [2.24, 2.45) is 0 Å². The number of nitrogens with zero attached hydrogens (tertiary/aromatic N) is 2. The van der Waals surface area contributed by atoms with Crippen LogP contribution in [-0.4, -0.2) is 80.5 Å². The molecule has 28 heavy (non-hydrogen) atoms. The summed E-state index contributed by atoms with van der Waals surface area (Å²) in [4.78, 5) is 16.4. The average molecular weight is 408 g/mol. The predicted molar refractivity (Wildman–Crippen MR) is 111 cm³/mol. The molecule has 1 amide bonds. The Kier molecular flexibility index (Phi) is 7.33. The Balaban J connectivity index is 1.40. The van der Waals surface area contributed by atoms with Crippen molar-refractivity contribution in [1.29, 1.82) is 0 Å². The molecule has 0 radical (unpaired) electrons. The van der Waals surface area contributed by atoms with Gasteiger partial charge in [0.25, 0.3) is 5.91 Å². The molecular formula is C20H29N3O4S. The minimum atomic E-state index is -0.238. The van der Waals surface area contributed by atoms with Crippen molar-refractivity contribution in [2.75, 3.05) is 53.6 Å². The second-order valence-electron chi connectivity index (χ2n) is 6.99. The van der Waals surface area contributed by atoms with Crippen LogP contribution >= 0.6 is 12.2 Å². The summed E-state index contributed by atoms with van der Waals surface area (Å²) in [5, 5.41) is 4.06. The Labute approximate surface area is 171 Å². The average Bonchev–Trinajstić information content (AvgIpc) is 3.28. The fraction of sp³-hybridized carbons (Fsp3) is 0.600. The topological polar surface area (TPSA) is 63.3 Å². The third kappa shape index (κ3) is 5.05. The molecule has 7 nitrogen and oxygen atoms in total. The van der Waals surface area contributed by atoms with Gasteiger partial charge >= 0.3 is 0 Å². The van der Waals surface area contributed by atoms with Gasteiger partial charge in [0.2, 0.25) is 0 Å². The number of rotatable bonds is 6. The number of ether oxygens (including phenoxy) is 3. The van der Waals surface area contributed by atoms with Crippen LogP contribution in [0.1, 0.15) is 18.4 Å². The van der Waals surface area contributed by atoms with E-state index in [9.17, 15) is 4.79 Å². The summed E-state index contributed by atoms with van der Waals surface area (Å²) in [6.07, 6.45) is 2.41. The van der Waals surface area contributed by atoms with Crippen molar-refractivity contribution in [3.63, 3.8) is 0 Å². The third-order valence-electron chi connectivity index (χ3n) is 5.22. The molecule has 1 N–H and O–H groups in total. The lowest BCUT2D eigenvalue weighted by atomic mass is 10.1. The van der Waals surface area contributed by atoms with Crippen LogP contribution in [0.3, 0.4) is 0 Å². The molecular weight excluding hydrogens is 378 g/mol. The third-order valence-corrected chi connectivity index (χ3v) is 5.62. The molecule has 1 aromatic carbocycles. The van der Waals surface area contributed by atoms with Crippen LogP contribution in [-0.2, 0) is 16.0 Å². The number of hydrogen-bond donors (Lipinski definition) is 1. The molecule has 0 saturated carbocycles. The minimum absolute atomic E-state index is 0.129. The van der Waals surface area contributed by atoms with Gasteiger partial charge in [0, 0.05) is 39.3 Å². The maximum absolute atomic E-state index is 12.4. The summed E-state index contributed by atoms with van der Waals surface area (Å²) in [6.45, 7) is 4.32.